The molecular weight excluding hydrogens is 406 g/mol. The van der Waals surface area contributed by atoms with E-state index in [4.69, 9.17) is 14.2 Å². The Hall–Kier alpha value is -3.93. The standard InChI is InChI=1S/C26H23NO5/c1-4-30-23-14-17(9-12-22(23)31-25(28)16(2)3)13-21-26(29)32-24(27-21)20-11-10-18-7-5-6-8-19(18)15-20/h5-16H,4H2,1-3H3. The summed E-state index contributed by atoms with van der Waals surface area (Å²) < 4.78 is 16.4. The van der Waals surface area contributed by atoms with Gasteiger partial charge in [-0.25, -0.2) is 9.79 Å². The minimum Gasteiger partial charge on any atom is -0.490 e. The van der Waals surface area contributed by atoms with Gasteiger partial charge in [0, 0.05) is 5.56 Å². The van der Waals surface area contributed by atoms with Crippen LogP contribution in [0, 0.1) is 5.92 Å². The lowest BCUT2D eigenvalue weighted by Gasteiger charge is -2.12. The molecule has 0 atom stereocenters. The van der Waals surface area contributed by atoms with Gasteiger partial charge in [0.25, 0.3) is 0 Å². The van der Waals surface area contributed by atoms with Crippen LogP contribution >= 0.6 is 0 Å². The molecule has 0 fully saturated rings. The molecule has 3 aromatic rings. The Morgan fingerprint density at radius 1 is 1.03 bits per heavy atom. The monoisotopic (exact) mass is 429 g/mol. The third-order valence-electron chi connectivity index (χ3n) is 4.87. The maximum atomic E-state index is 12.4. The summed E-state index contributed by atoms with van der Waals surface area (Å²) >= 11 is 0. The van der Waals surface area contributed by atoms with Gasteiger partial charge >= 0.3 is 11.9 Å². The average molecular weight is 429 g/mol. The third kappa shape index (κ3) is 4.54. The van der Waals surface area contributed by atoms with Gasteiger partial charge in [-0.1, -0.05) is 50.2 Å². The molecule has 4 rings (SSSR count). The number of carbonyl (C=O) groups is 2. The van der Waals surface area contributed by atoms with Crippen LogP contribution in [-0.2, 0) is 14.3 Å². The molecule has 0 aromatic heterocycles. The summed E-state index contributed by atoms with van der Waals surface area (Å²) in [5.74, 6) is -0.118. The molecule has 1 aliphatic rings. The van der Waals surface area contributed by atoms with Crippen LogP contribution in [0.25, 0.3) is 16.8 Å². The SMILES string of the molecule is CCOc1cc(C=C2N=C(c3ccc4ccccc4c3)OC2=O)ccc1OC(=O)C(C)C. The van der Waals surface area contributed by atoms with E-state index in [2.05, 4.69) is 4.99 Å². The third-order valence-corrected chi connectivity index (χ3v) is 4.87. The number of ether oxygens (including phenoxy) is 3. The molecule has 0 N–H and O–H groups in total. The van der Waals surface area contributed by atoms with E-state index in [0.29, 0.717) is 23.7 Å². The second-order valence-electron chi connectivity index (χ2n) is 7.61. The maximum absolute atomic E-state index is 12.4. The van der Waals surface area contributed by atoms with Crippen molar-refractivity contribution in [1.82, 2.24) is 0 Å². The zero-order chi connectivity index (χ0) is 22.7. The number of rotatable bonds is 6. The molecule has 1 heterocycles. The highest BCUT2D eigenvalue weighted by Gasteiger charge is 2.24. The summed E-state index contributed by atoms with van der Waals surface area (Å²) in [6, 6.07) is 18.8. The van der Waals surface area contributed by atoms with Crippen molar-refractivity contribution in [1.29, 1.82) is 0 Å². The quantitative estimate of drug-likeness (QED) is 0.308. The fourth-order valence-electron chi connectivity index (χ4n) is 3.21. The van der Waals surface area contributed by atoms with Crippen LogP contribution < -0.4 is 9.47 Å². The summed E-state index contributed by atoms with van der Waals surface area (Å²) in [4.78, 5) is 28.8. The minimum absolute atomic E-state index is 0.183. The summed E-state index contributed by atoms with van der Waals surface area (Å²) in [7, 11) is 0. The molecule has 0 amide bonds. The maximum Gasteiger partial charge on any atom is 0.363 e. The molecule has 32 heavy (non-hydrogen) atoms. The van der Waals surface area contributed by atoms with E-state index in [9.17, 15) is 9.59 Å². The van der Waals surface area contributed by atoms with E-state index >= 15 is 0 Å². The normalized spacial score (nSPS) is 14.6. The van der Waals surface area contributed by atoms with Crippen LogP contribution in [0.4, 0.5) is 0 Å². The van der Waals surface area contributed by atoms with Crippen LogP contribution in [0.1, 0.15) is 31.9 Å². The number of esters is 2. The van der Waals surface area contributed by atoms with Crippen LogP contribution in [0.15, 0.2) is 71.4 Å². The molecule has 0 saturated carbocycles. The highest BCUT2D eigenvalue weighted by molar-refractivity contribution is 6.13. The number of hydrogen-bond acceptors (Lipinski definition) is 6. The number of nitrogens with zero attached hydrogens (tertiary/aromatic N) is 1. The molecule has 6 nitrogen and oxygen atoms in total. The van der Waals surface area contributed by atoms with Gasteiger partial charge in [0.1, 0.15) is 0 Å². The zero-order valence-electron chi connectivity index (χ0n) is 18.1. The van der Waals surface area contributed by atoms with E-state index in [-0.39, 0.29) is 23.5 Å². The van der Waals surface area contributed by atoms with Crippen molar-refractivity contribution in [2.75, 3.05) is 6.61 Å². The van der Waals surface area contributed by atoms with E-state index in [1.54, 1.807) is 38.1 Å². The predicted octanol–water partition coefficient (Wildman–Crippen LogP) is 5.14. The number of aliphatic imine (C=N–C) groups is 1. The molecule has 0 bridgehead atoms. The summed E-state index contributed by atoms with van der Waals surface area (Å²) in [5.41, 5.74) is 1.59. The van der Waals surface area contributed by atoms with E-state index < -0.39 is 5.97 Å². The van der Waals surface area contributed by atoms with Crippen molar-refractivity contribution in [3.05, 3.63) is 77.5 Å². The van der Waals surface area contributed by atoms with Gasteiger partial charge < -0.3 is 14.2 Å². The van der Waals surface area contributed by atoms with Crippen molar-refractivity contribution < 1.29 is 23.8 Å². The second-order valence-corrected chi connectivity index (χ2v) is 7.61. The highest BCUT2D eigenvalue weighted by Crippen LogP contribution is 2.31. The van der Waals surface area contributed by atoms with Crippen molar-refractivity contribution in [2.45, 2.75) is 20.8 Å². The van der Waals surface area contributed by atoms with Gasteiger partial charge in [-0.15, -0.1) is 0 Å². The molecule has 162 valence electrons. The Morgan fingerprint density at radius 2 is 1.81 bits per heavy atom. The Kier molecular flexibility index (Phi) is 6.03. The first-order valence-corrected chi connectivity index (χ1v) is 10.4. The first-order valence-electron chi connectivity index (χ1n) is 10.4. The molecule has 3 aromatic carbocycles. The van der Waals surface area contributed by atoms with Crippen molar-refractivity contribution in [3.63, 3.8) is 0 Å². The van der Waals surface area contributed by atoms with Gasteiger partial charge in [-0.05, 0) is 53.6 Å². The van der Waals surface area contributed by atoms with Crippen LogP contribution in [0.3, 0.4) is 0 Å². The van der Waals surface area contributed by atoms with Crippen molar-refractivity contribution in [2.24, 2.45) is 10.9 Å². The predicted molar refractivity (Wildman–Crippen MR) is 123 cm³/mol. The van der Waals surface area contributed by atoms with Gasteiger partial charge in [0.05, 0.1) is 12.5 Å². The lowest BCUT2D eigenvalue weighted by Crippen LogP contribution is -2.15. The minimum atomic E-state index is -0.526. The molecule has 1 aliphatic heterocycles. The van der Waals surface area contributed by atoms with Crippen molar-refractivity contribution >= 4 is 34.7 Å². The summed E-state index contributed by atoms with van der Waals surface area (Å²) in [5, 5.41) is 2.13. The van der Waals surface area contributed by atoms with Gasteiger partial charge in [-0.2, -0.15) is 0 Å². The highest BCUT2D eigenvalue weighted by atomic mass is 16.6. The van der Waals surface area contributed by atoms with Crippen molar-refractivity contribution in [3.8, 4) is 11.5 Å². The smallest absolute Gasteiger partial charge is 0.363 e. The Labute approximate surface area is 186 Å². The first-order chi connectivity index (χ1) is 15.4. The summed E-state index contributed by atoms with van der Waals surface area (Å²) in [6.45, 7) is 5.77. The number of carbonyl (C=O) groups excluding carboxylic acids is 2. The second kappa shape index (κ2) is 9.06. The lowest BCUT2D eigenvalue weighted by molar-refractivity contribution is -0.138. The molecule has 0 saturated heterocycles. The molecule has 0 unspecified atom stereocenters. The van der Waals surface area contributed by atoms with Gasteiger partial charge in [0.2, 0.25) is 5.90 Å². The Balaban J connectivity index is 1.63. The number of fused-ring (bicyclic) bond motifs is 1. The van der Waals surface area contributed by atoms with Crippen LogP contribution in [0.5, 0.6) is 11.5 Å². The molecule has 0 spiro atoms. The van der Waals surface area contributed by atoms with Crippen LogP contribution in [-0.4, -0.2) is 24.4 Å². The Morgan fingerprint density at radius 3 is 2.56 bits per heavy atom. The lowest BCUT2D eigenvalue weighted by atomic mass is 10.1. The molecular formula is C26H23NO5. The fraction of sp³-hybridized carbons (Fsp3) is 0.192. The molecule has 0 radical (unpaired) electrons. The van der Waals surface area contributed by atoms with E-state index in [0.717, 1.165) is 16.3 Å². The van der Waals surface area contributed by atoms with Gasteiger partial charge in [0.15, 0.2) is 17.2 Å². The molecule has 0 aliphatic carbocycles. The fourth-order valence-corrected chi connectivity index (χ4v) is 3.21. The van der Waals surface area contributed by atoms with Crippen LogP contribution in [0.2, 0.25) is 0 Å². The van der Waals surface area contributed by atoms with E-state index in [1.807, 2.05) is 49.4 Å². The largest absolute Gasteiger partial charge is 0.490 e. The number of benzene rings is 3. The average Bonchev–Trinajstić information content (AvgIpc) is 3.15. The molecule has 6 heteroatoms. The Bertz CT molecular complexity index is 1260. The zero-order valence-corrected chi connectivity index (χ0v) is 18.1. The topological polar surface area (TPSA) is 74.2 Å². The number of hydrogen-bond donors (Lipinski definition) is 0. The number of cyclic esters (lactones) is 1. The van der Waals surface area contributed by atoms with E-state index in [1.165, 1.54) is 0 Å². The summed E-state index contributed by atoms with van der Waals surface area (Å²) in [6.07, 6.45) is 1.62. The first kappa shape index (κ1) is 21.3. The van der Waals surface area contributed by atoms with Gasteiger partial charge in [-0.3, -0.25) is 4.79 Å².